The van der Waals surface area contributed by atoms with Gasteiger partial charge in [0.2, 0.25) is 0 Å². The predicted octanol–water partition coefficient (Wildman–Crippen LogP) is 4.43. The van der Waals surface area contributed by atoms with E-state index in [-0.39, 0.29) is 0 Å². The molecule has 0 amide bonds. The van der Waals surface area contributed by atoms with Gasteiger partial charge in [0.15, 0.2) is 0 Å². The van der Waals surface area contributed by atoms with Crippen LogP contribution < -0.4 is 0 Å². The fourth-order valence-corrected chi connectivity index (χ4v) is 2.09. The summed E-state index contributed by atoms with van der Waals surface area (Å²) in [4.78, 5) is 0. The van der Waals surface area contributed by atoms with E-state index in [1.54, 1.807) is 0 Å². The van der Waals surface area contributed by atoms with Crippen LogP contribution in [0.15, 0.2) is 28.8 Å². The van der Waals surface area contributed by atoms with Crippen molar-refractivity contribution < 1.29 is 4.52 Å². The number of aromatic nitrogens is 1. The lowest BCUT2D eigenvalue weighted by molar-refractivity contribution is 0.397. The Hall–Kier alpha value is -1.28. The van der Waals surface area contributed by atoms with Crippen molar-refractivity contribution in [3.05, 3.63) is 40.6 Å². The van der Waals surface area contributed by atoms with Crippen molar-refractivity contribution in [2.24, 2.45) is 0 Å². The molecule has 0 aliphatic carbocycles. The van der Waals surface area contributed by atoms with E-state index < -0.39 is 0 Å². The normalized spacial score (nSPS) is 11.1. The smallest absolute Gasteiger partial charge is 0.137 e. The summed E-state index contributed by atoms with van der Waals surface area (Å²) >= 11 is 5.98. The molecule has 0 N–H and O–H groups in total. The molecule has 0 saturated heterocycles. The lowest BCUT2D eigenvalue weighted by Gasteiger charge is -2.05. The first-order valence-electron chi connectivity index (χ1n) is 5.31. The molecular weight excluding hydrogens is 222 g/mol. The van der Waals surface area contributed by atoms with E-state index in [0.717, 1.165) is 22.6 Å². The number of rotatable bonds is 2. The zero-order valence-corrected chi connectivity index (χ0v) is 10.4. The molecule has 0 aliphatic heterocycles. The van der Waals surface area contributed by atoms with Crippen molar-refractivity contribution in [3.8, 4) is 11.3 Å². The van der Waals surface area contributed by atoms with Crippen molar-refractivity contribution >= 4 is 11.6 Å². The van der Waals surface area contributed by atoms with Crippen molar-refractivity contribution in [2.75, 3.05) is 0 Å². The second-order valence-corrected chi connectivity index (χ2v) is 4.60. The number of hydrogen-bond acceptors (Lipinski definition) is 2. The minimum absolute atomic E-state index is 0.389. The summed E-state index contributed by atoms with van der Waals surface area (Å²) in [7, 11) is 0. The fourth-order valence-electron chi connectivity index (χ4n) is 1.90. The monoisotopic (exact) mass is 235 g/mol. The molecule has 0 radical (unpaired) electrons. The summed E-state index contributed by atoms with van der Waals surface area (Å²) < 4.78 is 5.26. The van der Waals surface area contributed by atoms with E-state index in [2.05, 4.69) is 19.0 Å². The molecule has 2 rings (SSSR count). The van der Waals surface area contributed by atoms with Gasteiger partial charge in [-0.3, -0.25) is 0 Å². The molecule has 84 valence electrons. The number of halogens is 1. The molecule has 16 heavy (non-hydrogen) atoms. The van der Waals surface area contributed by atoms with Gasteiger partial charge < -0.3 is 4.52 Å². The fraction of sp³-hybridized carbons (Fsp3) is 0.308. The Labute approximate surface area is 100 Å². The molecule has 2 aromatic rings. The van der Waals surface area contributed by atoms with E-state index in [1.165, 1.54) is 0 Å². The number of aryl methyl sites for hydroxylation is 1. The van der Waals surface area contributed by atoms with Crippen LogP contribution >= 0.6 is 11.6 Å². The van der Waals surface area contributed by atoms with Crippen LogP contribution in [0.25, 0.3) is 11.3 Å². The highest BCUT2D eigenvalue weighted by molar-refractivity contribution is 6.30. The average molecular weight is 236 g/mol. The molecule has 0 saturated carbocycles. The van der Waals surface area contributed by atoms with Gasteiger partial charge in [-0.05, 0) is 25.0 Å². The quantitative estimate of drug-likeness (QED) is 0.770. The van der Waals surface area contributed by atoms with Gasteiger partial charge in [-0.1, -0.05) is 42.7 Å². The summed E-state index contributed by atoms with van der Waals surface area (Å²) in [5.74, 6) is 1.27. The van der Waals surface area contributed by atoms with Crippen molar-refractivity contribution in [2.45, 2.75) is 26.7 Å². The molecule has 3 heteroatoms. The summed E-state index contributed by atoms with van der Waals surface area (Å²) in [5.41, 5.74) is 3.06. The topological polar surface area (TPSA) is 26.0 Å². The van der Waals surface area contributed by atoms with E-state index in [4.69, 9.17) is 16.1 Å². The maximum Gasteiger partial charge on any atom is 0.137 e. The van der Waals surface area contributed by atoms with Crippen LogP contribution in [0.1, 0.15) is 31.1 Å². The predicted molar refractivity (Wildman–Crippen MR) is 65.8 cm³/mol. The highest BCUT2D eigenvalue weighted by Gasteiger charge is 2.17. The molecule has 0 fully saturated rings. The Morgan fingerprint density at radius 1 is 1.31 bits per heavy atom. The Bertz CT molecular complexity index is 502. The second-order valence-electron chi connectivity index (χ2n) is 4.17. The molecule has 1 aromatic carbocycles. The summed E-state index contributed by atoms with van der Waals surface area (Å²) in [5, 5.41) is 4.83. The molecule has 0 spiro atoms. The zero-order valence-electron chi connectivity index (χ0n) is 9.62. The van der Waals surface area contributed by atoms with Crippen LogP contribution in [0, 0.1) is 6.92 Å². The second kappa shape index (κ2) is 4.30. The van der Waals surface area contributed by atoms with E-state index in [1.807, 2.05) is 31.2 Å². The van der Waals surface area contributed by atoms with Crippen LogP contribution in [0.2, 0.25) is 5.02 Å². The van der Waals surface area contributed by atoms with Crippen LogP contribution in [0.3, 0.4) is 0 Å². The Morgan fingerprint density at radius 2 is 2.06 bits per heavy atom. The van der Waals surface area contributed by atoms with Gasteiger partial charge in [-0.15, -0.1) is 0 Å². The molecule has 1 heterocycles. The molecular formula is C13H14ClNO. The molecule has 2 nitrogen and oxygen atoms in total. The minimum Gasteiger partial charge on any atom is -0.361 e. The van der Waals surface area contributed by atoms with Gasteiger partial charge in [0.05, 0.1) is 0 Å². The van der Waals surface area contributed by atoms with E-state index in [0.29, 0.717) is 10.9 Å². The Kier molecular flexibility index (Phi) is 3.01. The Balaban J connectivity index is 2.56. The highest BCUT2D eigenvalue weighted by atomic mass is 35.5. The average Bonchev–Trinajstić information content (AvgIpc) is 2.60. The number of benzene rings is 1. The van der Waals surface area contributed by atoms with Crippen molar-refractivity contribution in [1.29, 1.82) is 0 Å². The summed E-state index contributed by atoms with van der Waals surface area (Å²) in [6.45, 7) is 6.21. The van der Waals surface area contributed by atoms with Gasteiger partial charge in [-0.25, -0.2) is 0 Å². The SMILES string of the molecule is Cc1onc(-c2cccc(Cl)c2)c1C(C)C. The first-order chi connectivity index (χ1) is 7.59. The standard InChI is InChI=1S/C13H14ClNO/c1-8(2)12-9(3)16-15-13(12)10-5-4-6-11(14)7-10/h4-8H,1-3H3. The molecule has 0 bridgehead atoms. The first-order valence-corrected chi connectivity index (χ1v) is 5.69. The first kappa shape index (κ1) is 11.2. The van der Waals surface area contributed by atoms with Gasteiger partial charge >= 0.3 is 0 Å². The van der Waals surface area contributed by atoms with Gasteiger partial charge in [0.25, 0.3) is 0 Å². The van der Waals surface area contributed by atoms with Gasteiger partial charge in [0.1, 0.15) is 11.5 Å². The van der Waals surface area contributed by atoms with Crippen molar-refractivity contribution in [1.82, 2.24) is 5.16 Å². The van der Waals surface area contributed by atoms with Crippen LogP contribution in [0.4, 0.5) is 0 Å². The third kappa shape index (κ3) is 1.98. The van der Waals surface area contributed by atoms with Crippen LogP contribution in [-0.2, 0) is 0 Å². The zero-order chi connectivity index (χ0) is 11.7. The van der Waals surface area contributed by atoms with E-state index >= 15 is 0 Å². The van der Waals surface area contributed by atoms with Crippen LogP contribution in [0.5, 0.6) is 0 Å². The molecule has 1 aromatic heterocycles. The highest BCUT2D eigenvalue weighted by Crippen LogP contribution is 2.31. The third-order valence-corrected chi connectivity index (χ3v) is 2.82. The maximum atomic E-state index is 5.98. The van der Waals surface area contributed by atoms with E-state index in [9.17, 15) is 0 Å². The van der Waals surface area contributed by atoms with Crippen LogP contribution in [-0.4, -0.2) is 5.16 Å². The molecule has 0 aliphatic rings. The maximum absolute atomic E-state index is 5.98. The Morgan fingerprint density at radius 3 is 2.69 bits per heavy atom. The largest absolute Gasteiger partial charge is 0.361 e. The lowest BCUT2D eigenvalue weighted by atomic mass is 9.97. The lowest BCUT2D eigenvalue weighted by Crippen LogP contribution is -1.91. The van der Waals surface area contributed by atoms with Gasteiger partial charge in [0, 0.05) is 16.1 Å². The minimum atomic E-state index is 0.389. The summed E-state index contributed by atoms with van der Waals surface area (Å²) in [6, 6.07) is 7.68. The van der Waals surface area contributed by atoms with Gasteiger partial charge in [-0.2, -0.15) is 0 Å². The number of hydrogen-bond donors (Lipinski definition) is 0. The summed E-state index contributed by atoms with van der Waals surface area (Å²) in [6.07, 6.45) is 0. The third-order valence-electron chi connectivity index (χ3n) is 2.58. The molecule has 0 atom stereocenters. The number of nitrogens with zero attached hydrogens (tertiary/aromatic N) is 1. The molecule has 0 unspecified atom stereocenters. The van der Waals surface area contributed by atoms with Crippen molar-refractivity contribution in [3.63, 3.8) is 0 Å².